The van der Waals surface area contributed by atoms with Crippen LogP contribution < -0.4 is 0 Å². The van der Waals surface area contributed by atoms with Crippen molar-refractivity contribution in [3.05, 3.63) is 83.9 Å². The second-order valence-corrected chi connectivity index (χ2v) is 5.61. The van der Waals surface area contributed by atoms with E-state index in [1.807, 2.05) is 48.5 Å². The van der Waals surface area contributed by atoms with Gasteiger partial charge in [0.1, 0.15) is 0 Å². The number of methoxy groups -OCH3 is 1. The number of rotatable bonds is 5. The van der Waals surface area contributed by atoms with Crippen LogP contribution in [0.5, 0.6) is 0 Å². The van der Waals surface area contributed by atoms with Gasteiger partial charge in [0, 0.05) is 12.6 Å². The molecule has 3 heteroatoms. The van der Waals surface area contributed by atoms with Crippen LogP contribution in [0.25, 0.3) is 10.8 Å². The molecule has 0 heterocycles. The summed E-state index contributed by atoms with van der Waals surface area (Å²) in [5, 5.41) is 2.34. The molecule has 0 aliphatic carbocycles. The van der Waals surface area contributed by atoms with Crippen molar-refractivity contribution in [2.75, 3.05) is 7.11 Å². The molecule has 3 rings (SSSR count). The van der Waals surface area contributed by atoms with Crippen molar-refractivity contribution in [2.24, 2.45) is 4.99 Å². The summed E-state index contributed by atoms with van der Waals surface area (Å²) in [6, 6.07) is 23.6. The van der Waals surface area contributed by atoms with E-state index in [1.54, 1.807) is 6.21 Å². The van der Waals surface area contributed by atoms with Gasteiger partial charge in [-0.1, -0.05) is 66.7 Å². The van der Waals surface area contributed by atoms with Gasteiger partial charge in [-0.05, 0) is 28.0 Å². The van der Waals surface area contributed by atoms with Gasteiger partial charge in [-0.3, -0.25) is 4.99 Å². The van der Waals surface area contributed by atoms with Crippen molar-refractivity contribution < 1.29 is 9.53 Å². The van der Waals surface area contributed by atoms with Gasteiger partial charge < -0.3 is 4.74 Å². The Balaban J connectivity index is 1.82. The summed E-state index contributed by atoms with van der Waals surface area (Å²) in [4.78, 5) is 16.5. The summed E-state index contributed by atoms with van der Waals surface area (Å²) in [5.74, 6) is -0.323. The standard InChI is InChI=1S/C21H19NO2/c1-24-21(23)20(14-16-7-3-2-4-8-16)22-15-17-11-12-18-9-5-6-10-19(18)13-17/h2-13,15,20H,14H2,1H3. The largest absolute Gasteiger partial charge is 0.467 e. The number of hydrogen-bond acceptors (Lipinski definition) is 3. The number of hydrogen-bond donors (Lipinski definition) is 0. The molecule has 0 radical (unpaired) electrons. The van der Waals surface area contributed by atoms with Gasteiger partial charge in [-0.15, -0.1) is 0 Å². The third-order valence-electron chi connectivity index (χ3n) is 3.92. The van der Waals surface area contributed by atoms with Gasteiger partial charge in [-0.25, -0.2) is 4.79 Å². The van der Waals surface area contributed by atoms with E-state index >= 15 is 0 Å². The molecule has 1 unspecified atom stereocenters. The quantitative estimate of drug-likeness (QED) is 0.526. The summed E-state index contributed by atoms with van der Waals surface area (Å²) in [5.41, 5.74) is 2.03. The van der Waals surface area contributed by atoms with Crippen LogP contribution in [0.1, 0.15) is 11.1 Å². The zero-order valence-corrected chi connectivity index (χ0v) is 13.6. The SMILES string of the molecule is COC(=O)C(Cc1ccccc1)N=Cc1ccc2ccccc2c1. The normalized spacial score (nSPS) is 12.4. The molecule has 0 aliphatic rings. The number of ether oxygens (including phenoxy) is 1. The van der Waals surface area contributed by atoms with Crippen LogP contribution in [-0.2, 0) is 16.0 Å². The van der Waals surface area contributed by atoms with Gasteiger partial charge in [0.2, 0.25) is 0 Å². The third kappa shape index (κ3) is 3.87. The molecule has 3 aromatic carbocycles. The fraction of sp³-hybridized carbons (Fsp3) is 0.143. The van der Waals surface area contributed by atoms with Gasteiger partial charge in [0.25, 0.3) is 0 Å². The molecule has 0 N–H and O–H groups in total. The highest BCUT2D eigenvalue weighted by Gasteiger charge is 2.17. The summed E-state index contributed by atoms with van der Waals surface area (Å²) >= 11 is 0. The monoisotopic (exact) mass is 317 g/mol. The Morgan fingerprint density at radius 2 is 1.71 bits per heavy atom. The van der Waals surface area contributed by atoms with Crippen LogP contribution in [0.2, 0.25) is 0 Å². The zero-order chi connectivity index (χ0) is 16.8. The molecule has 1 atom stereocenters. The van der Waals surface area contributed by atoms with Crippen molar-refractivity contribution in [2.45, 2.75) is 12.5 Å². The highest BCUT2D eigenvalue weighted by atomic mass is 16.5. The van der Waals surface area contributed by atoms with E-state index in [-0.39, 0.29) is 5.97 Å². The number of aliphatic imine (C=N–C) groups is 1. The number of benzene rings is 3. The van der Waals surface area contributed by atoms with Gasteiger partial charge in [-0.2, -0.15) is 0 Å². The van der Waals surface area contributed by atoms with E-state index in [0.29, 0.717) is 6.42 Å². The first kappa shape index (κ1) is 15.9. The molecule has 0 saturated heterocycles. The molecule has 24 heavy (non-hydrogen) atoms. The molecule has 3 aromatic rings. The average molecular weight is 317 g/mol. The number of carbonyl (C=O) groups excluding carboxylic acids is 1. The van der Waals surface area contributed by atoms with Crippen LogP contribution in [0.15, 0.2) is 77.8 Å². The predicted molar refractivity (Wildman–Crippen MR) is 97.5 cm³/mol. The molecular formula is C21H19NO2. The Morgan fingerprint density at radius 3 is 2.46 bits per heavy atom. The highest BCUT2D eigenvalue weighted by molar-refractivity contribution is 5.91. The van der Waals surface area contributed by atoms with Crippen LogP contribution >= 0.6 is 0 Å². The molecule has 120 valence electrons. The molecule has 0 aliphatic heterocycles. The molecule has 0 amide bonds. The number of carbonyl (C=O) groups is 1. The molecule has 0 bridgehead atoms. The van der Waals surface area contributed by atoms with E-state index in [0.717, 1.165) is 16.5 Å². The molecule has 0 fully saturated rings. The predicted octanol–water partition coefficient (Wildman–Crippen LogP) is 4.04. The summed E-state index contributed by atoms with van der Waals surface area (Å²) in [6.45, 7) is 0. The first-order valence-corrected chi connectivity index (χ1v) is 7.90. The second-order valence-electron chi connectivity index (χ2n) is 5.61. The summed E-state index contributed by atoms with van der Waals surface area (Å²) in [7, 11) is 1.39. The van der Waals surface area contributed by atoms with E-state index < -0.39 is 6.04 Å². The van der Waals surface area contributed by atoms with Crippen LogP contribution in [0, 0.1) is 0 Å². The second kappa shape index (κ2) is 7.55. The maximum atomic E-state index is 12.0. The van der Waals surface area contributed by atoms with Crippen LogP contribution in [0.3, 0.4) is 0 Å². The number of esters is 1. The summed E-state index contributed by atoms with van der Waals surface area (Å²) < 4.78 is 4.89. The summed E-state index contributed by atoms with van der Waals surface area (Å²) in [6.07, 6.45) is 2.27. The molecule has 3 nitrogen and oxygen atoms in total. The fourth-order valence-electron chi connectivity index (χ4n) is 2.63. The van der Waals surface area contributed by atoms with Crippen molar-refractivity contribution in [1.29, 1.82) is 0 Å². The molecule has 0 spiro atoms. The Hall–Kier alpha value is -2.94. The highest BCUT2D eigenvalue weighted by Crippen LogP contribution is 2.15. The maximum absolute atomic E-state index is 12.0. The van der Waals surface area contributed by atoms with Gasteiger partial charge in [0.15, 0.2) is 6.04 Å². The smallest absolute Gasteiger partial charge is 0.330 e. The van der Waals surface area contributed by atoms with E-state index in [1.165, 1.54) is 12.5 Å². The average Bonchev–Trinajstić information content (AvgIpc) is 2.65. The fourth-order valence-corrected chi connectivity index (χ4v) is 2.63. The van der Waals surface area contributed by atoms with Crippen LogP contribution in [-0.4, -0.2) is 25.3 Å². The van der Waals surface area contributed by atoms with Gasteiger partial charge in [0.05, 0.1) is 7.11 Å². The lowest BCUT2D eigenvalue weighted by molar-refractivity contribution is -0.142. The molecular weight excluding hydrogens is 298 g/mol. The maximum Gasteiger partial charge on any atom is 0.330 e. The third-order valence-corrected chi connectivity index (χ3v) is 3.92. The number of nitrogens with zero attached hydrogens (tertiary/aromatic N) is 1. The van der Waals surface area contributed by atoms with Crippen molar-refractivity contribution in [3.8, 4) is 0 Å². The Labute approximate surface area is 141 Å². The minimum Gasteiger partial charge on any atom is -0.467 e. The minimum absolute atomic E-state index is 0.323. The topological polar surface area (TPSA) is 38.7 Å². The lowest BCUT2D eigenvalue weighted by Crippen LogP contribution is -2.23. The lowest BCUT2D eigenvalue weighted by atomic mass is 10.1. The van der Waals surface area contributed by atoms with Crippen molar-refractivity contribution in [3.63, 3.8) is 0 Å². The van der Waals surface area contributed by atoms with Crippen LogP contribution in [0.4, 0.5) is 0 Å². The number of fused-ring (bicyclic) bond motifs is 1. The molecule has 0 saturated carbocycles. The lowest BCUT2D eigenvalue weighted by Gasteiger charge is -2.10. The van der Waals surface area contributed by atoms with E-state index in [4.69, 9.17) is 4.74 Å². The molecule has 0 aromatic heterocycles. The first-order valence-electron chi connectivity index (χ1n) is 7.90. The van der Waals surface area contributed by atoms with Crippen molar-refractivity contribution >= 4 is 23.0 Å². The first-order chi connectivity index (χ1) is 11.8. The minimum atomic E-state index is -0.538. The Kier molecular flexibility index (Phi) is 5.02. The Bertz CT molecular complexity index is 856. The van der Waals surface area contributed by atoms with Gasteiger partial charge >= 0.3 is 5.97 Å². The Morgan fingerprint density at radius 1 is 1.00 bits per heavy atom. The van der Waals surface area contributed by atoms with E-state index in [2.05, 4.69) is 29.3 Å². The zero-order valence-electron chi connectivity index (χ0n) is 13.6. The van der Waals surface area contributed by atoms with E-state index in [9.17, 15) is 4.79 Å². The van der Waals surface area contributed by atoms with Crippen molar-refractivity contribution in [1.82, 2.24) is 0 Å².